The molecule has 9 heteroatoms. The fourth-order valence-electron chi connectivity index (χ4n) is 2.26. The highest BCUT2D eigenvalue weighted by Gasteiger charge is 2.19. The number of nitrogens with zero attached hydrogens (tertiary/aromatic N) is 1. The standard InChI is InChI=1S/C16H15N3O5S/c1-10-5-3-4-6-14(10)25(21,22)24-11-7-8-12-13(9-11)18-15(17-12)19-16(20)23-2/h3-9H,1-2H3,(H2,17,18,19,20). The molecule has 3 rings (SSSR count). The summed E-state index contributed by atoms with van der Waals surface area (Å²) in [6, 6.07) is 11.1. The third-order valence-corrected chi connectivity index (χ3v) is 4.84. The highest BCUT2D eigenvalue weighted by Crippen LogP contribution is 2.25. The fourth-order valence-corrected chi connectivity index (χ4v) is 3.41. The van der Waals surface area contributed by atoms with Crippen molar-refractivity contribution in [2.75, 3.05) is 12.4 Å². The van der Waals surface area contributed by atoms with Gasteiger partial charge in [0.25, 0.3) is 0 Å². The molecule has 25 heavy (non-hydrogen) atoms. The molecule has 0 aliphatic carbocycles. The zero-order chi connectivity index (χ0) is 18.0. The van der Waals surface area contributed by atoms with E-state index in [0.717, 1.165) is 0 Å². The van der Waals surface area contributed by atoms with Crippen LogP contribution < -0.4 is 9.50 Å². The van der Waals surface area contributed by atoms with Crippen LogP contribution in [-0.2, 0) is 14.9 Å². The van der Waals surface area contributed by atoms with Crippen molar-refractivity contribution in [1.82, 2.24) is 9.97 Å². The van der Waals surface area contributed by atoms with Gasteiger partial charge >= 0.3 is 16.2 Å². The van der Waals surface area contributed by atoms with Gasteiger partial charge in [0.05, 0.1) is 18.1 Å². The summed E-state index contributed by atoms with van der Waals surface area (Å²) in [5, 5.41) is 2.40. The topological polar surface area (TPSA) is 110 Å². The van der Waals surface area contributed by atoms with Gasteiger partial charge in [-0.25, -0.2) is 9.78 Å². The number of benzene rings is 2. The first-order valence-electron chi connectivity index (χ1n) is 7.24. The van der Waals surface area contributed by atoms with Crippen LogP contribution in [0.3, 0.4) is 0 Å². The summed E-state index contributed by atoms with van der Waals surface area (Å²) in [5.74, 6) is 0.310. The minimum atomic E-state index is -3.95. The van der Waals surface area contributed by atoms with Crippen molar-refractivity contribution in [2.24, 2.45) is 0 Å². The fraction of sp³-hybridized carbons (Fsp3) is 0.125. The summed E-state index contributed by atoms with van der Waals surface area (Å²) in [6.07, 6.45) is -0.669. The Morgan fingerprint density at radius 3 is 2.68 bits per heavy atom. The van der Waals surface area contributed by atoms with Gasteiger partial charge in [-0.2, -0.15) is 8.42 Å². The van der Waals surface area contributed by atoms with E-state index in [1.165, 1.54) is 25.3 Å². The molecule has 1 aromatic heterocycles. The number of fused-ring (bicyclic) bond motifs is 1. The van der Waals surface area contributed by atoms with Crippen LogP contribution in [0.2, 0.25) is 0 Å². The lowest BCUT2D eigenvalue weighted by molar-refractivity contribution is 0.186. The van der Waals surface area contributed by atoms with Gasteiger partial charge in [0.1, 0.15) is 10.6 Å². The summed E-state index contributed by atoms with van der Waals surface area (Å²) in [5.41, 5.74) is 1.63. The Labute approximate surface area is 143 Å². The van der Waals surface area contributed by atoms with Gasteiger partial charge in [-0.1, -0.05) is 18.2 Å². The van der Waals surface area contributed by atoms with E-state index in [1.807, 2.05) is 0 Å². The Kier molecular flexibility index (Phi) is 4.32. The predicted octanol–water partition coefficient (Wildman–Crippen LogP) is 2.82. The quantitative estimate of drug-likeness (QED) is 0.691. The maximum absolute atomic E-state index is 12.4. The first-order valence-corrected chi connectivity index (χ1v) is 8.65. The van der Waals surface area contributed by atoms with Crippen molar-refractivity contribution >= 4 is 33.2 Å². The summed E-state index contributed by atoms with van der Waals surface area (Å²) in [4.78, 5) is 18.3. The number of rotatable bonds is 4. The molecular weight excluding hydrogens is 346 g/mol. The van der Waals surface area contributed by atoms with E-state index in [2.05, 4.69) is 20.0 Å². The first-order chi connectivity index (χ1) is 11.9. The highest BCUT2D eigenvalue weighted by atomic mass is 32.2. The van der Waals surface area contributed by atoms with Crippen LogP contribution >= 0.6 is 0 Å². The first kappa shape index (κ1) is 16.8. The van der Waals surface area contributed by atoms with Crippen molar-refractivity contribution in [3.05, 3.63) is 48.0 Å². The minimum Gasteiger partial charge on any atom is -0.453 e. The molecule has 130 valence electrons. The Hall–Kier alpha value is -3.07. The number of aromatic amines is 1. The third kappa shape index (κ3) is 3.56. The Morgan fingerprint density at radius 1 is 1.20 bits per heavy atom. The number of aryl methyl sites for hydroxylation is 1. The summed E-state index contributed by atoms with van der Waals surface area (Å²) in [6.45, 7) is 1.69. The second kappa shape index (κ2) is 6.44. The number of hydrogen-bond donors (Lipinski definition) is 2. The zero-order valence-corrected chi connectivity index (χ0v) is 14.3. The van der Waals surface area contributed by atoms with Crippen LogP contribution in [0.4, 0.5) is 10.7 Å². The predicted molar refractivity (Wildman–Crippen MR) is 91.1 cm³/mol. The number of ether oxygens (including phenoxy) is 1. The molecule has 3 aromatic rings. The minimum absolute atomic E-state index is 0.104. The van der Waals surface area contributed by atoms with E-state index >= 15 is 0 Å². The lowest BCUT2D eigenvalue weighted by Gasteiger charge is -2.08. The molecule has 0 atom stereocenters. The van der Waals surface area contributed by atoms with Gasteiger partial charge in [0, 0.05) is 6.07 Å². The van der Waals surface area contributed by atoms with Crippen LogP contribution in [0.15, 0.2) is 47.4 Å². The number of amides is 1. The molecule has 0 aliphatic rings. The van der Waals surface area contributed by atoms with Gasteiger partial charge in [0.15, 0.2) is 0 Å². The number of anilines is 1. The number of imidazole rings is 1. The molecule has 0 saturated carbocycles. The lowest BCUT2D eigenvalue weighted by atomic mass is 10.2. The van der Waals surface area contributed by atoms with E-state index in [9.17, 15) is 13.2 Å². The Bertz CT molecular complexity index is 1040. The number of methoxy groups -OCH3 is 1. The number of nitrogens with one attached hydrogen (secondary N) is 2. The number of carbonyl (C=O) groups excluding carboxylic acids is 1. The van der Waals surface area contributed by atoms with Crippen LogP contribution in [0, 0.1) is 6.92 Å². The molecule has 8 nitrogen and oxygen atoms in total. The SMILES string of the molecule is COC(=O)Nc1nc2ccc(OS(=O)(=O)c3ccccc3C)cc2[nH]1. The van der Waals surface area contributed by atoms with Gasteiger partial charge in [-0.3, -0.25) is 5.32 Å². The van der Waals surface area contributed by atoms with Crippen LogP contribution in [-0.4, -0.2) is 31.6 Å². The highest BCUT2D eigenvalue weighted by molar-refractivity contribution is 7.87. The molecule has 1 amide bonds. The molecule has 0 saturated heterocycles. The van der Waals surface area contributed by atoms with E-state index in [-0.39, 0.29) is 16.6 Å². The molecule has 0 fully saturated rings. The van der Waals surface area contributed by atoms with Crippen LogP contribution in [0.5, 0.6) is 5.75 Å². The Morgan fingerprint density at radius 2 is 1.96 bits per heavy atom. The zero-order valence-electron chi connectivity index (χ0n) is 13.4. The van der Waals surface area contributed by atoms with Crippen molar-refractivity contribution in [3.63, 3.8) is 0 Å². The van der Waals surface area contributed by atoms with Crippen molar-refractivity contribution in [1.29, 1.82) is 0 Å². The molecule has 0 radical (unpaired) electrons. The van der Waals surface area contributed by atoms with E-state index < -0.39 is 16.2 Å². The molecule has 1 heterocycles. The third-order valence-electron chi connectivity index (χ3n) is 3.43. The van der Waals surface area contributed by atoms with E-state index in [4.69, 9.17) is 4.18 Å². The van der Waals surface area contributed by atoms with Gasteiger partial charge < -0.3 is 13.9 Å². The van der Waals surface area contributed by atoms with Crippen molar-refractivity contribution < 1.29 is 22.1 Å². The van der Waals surface area contributed by atoms with E-state index in [0.29, 0.717) is 16.6 Å². The molecule has 0 aliphatic heterocycles. The van der Waals surface area contributed by atoms with Gasteiger partial charge in [-0.05, 0) is 30.7 Å². The number of carbonyl (C=O) groups is 1. The second-order valence-corrected chi connectivity index (χ2v) is 6.70. The average molecular weight is 361 g/mol. The Balaban J connectivity index is 1.89. The van der Waals surface area contributed by atoms with Gasteiger partial charge in [0.2, 0.25) is 5.95 Å². The van der Waals surface area contributed by atoms with Crippen molar-refractivity contribution in [2.45, 2.75) is 11.8 Å². The summed E-state index contributed by atoms with van der Waals surface area (Å²) < 4.78 is 34.5. The molecule has 0 unspecified atom stereocenters. The van der Waals surface area contributed by atoms with Gasteiger partial charge in [-0.15, -0.1) is 0 Å². The largest absolute Gasteiger partial charge is 0.453 e. The maximum atomic E-state index is 12.4. The normalized spacial score (nSPS) is 11.3. The van der Waals surface area contributed by atoms with Crippen molar-refractivity contribution in [3.8, 4) is 5.75 Å². The summed E-state index contributed by atoms with van der Waals surface area (Å²) >= 11 is 0. The molecule has 2 N–H and O–H groups in total. The number of H-pyrrole nitrogens is 1. The van der Waals surface area contributed by atoms with E-state index in [1.54, 1.807) is 31.2 Å². The van der Waals surface area contributed by atoms with Crippen LogP contribution in [0.1, 0.15) is 5.56 Å². The second-order valence-electron chi connectivity index (χ2n) is 5.18. The smallest absolute Gasteiger partial charge is 0.413 e. The molecule has 2 aromatic carbocycles. The molecular formula is C16H15N3O5S. The number of hydrogen-bond acceptors (Lipinski definition) is 6. The molecule has 0 bridgehead atoms. The lowest BCUT2D eigenvalue weighted by Crippen LogP contribution is -2.11. The summed E-state index contributed by atoms with van der Waals surface area (Å²) in [7, 11) is -2.72. The number of aromatic nitrogens is 2. The molecule has 0 spiro atoms. The average Bonchev–Trinajstić information content (AvgIpc) is 2.96. The maximum Gasteiger partial charge on any atom is 0.413 e. The van der Waals surface area contributed by atoms with Crippen LogP contribution in [0.25, 0.3) is 11.0 Å². The monoisotopic (exact) mass is 361 g/mol.